The molecule has 0 fully saturated rings. The van der Waals surface area contributed by atoms with Gasteiger partial charge >= 0.3 is 0 Å². The predicted molar refractivity (Wildman–Crippen MR) is 87.5 cm³/mol. The van der Waals surface area contributed by atoms with Crippen LogP contribution in [-0.4, -0.2) is 30.7 Å². The Kier molecular flexibility index (Phi) is 4.20. The van der Waals surface area contributed by atoms with E-state index in [4.69, 9.17) is 5.73 Å². The zero-order chi connectivity index (χ0) is 18.5. The van der Waals surface area contributed by atoms with Crippen LogP contribution in [0.15, 0.2) is 17.1 Å². The van der Waals surface area contributed by atoms with Crippen LogP contribution in [0.4, 0.5) is 14.5 Å². The number of hydrogen-bond donors (Lipinski definition) is 2. The molecule has 0 saturated carbocycles. The van der Waals surface area contributed by atoms with Gasteiger partial charge in [-0.05, 0) is 26.8 Å². The Morgan fingerprint density at radius 3 is 2.38 bits per heavy atom. The molecule has 1 atom stereocenters. The first kappa shape index (κ1) is 18.3. The third-order valence-corrected chi connectivity index (χ3v) is 6.87. The van der Waals surface area contributed by atoms with Gasteiger partial charge in [-0.25, -0.2) is 17.2 Å². The molecule has 1 aliphatic heterocycles. The average molecular weight is 359 g/mol. The second kappa shape index (κ2) is 5.51. The fraction of sp³-hybridized carbons (Fsp3) is 0.467. The molecular weight excluding hydrogens is 340 g/mol. The molecule has 1 aromatic rings. The second-order valence-corrected chi connectivity index (χ2v) is 9.08. The highest BCUT2D eigenvalue weighted by molar-refractivity contribution is 7.93. The van der Waals surface area contributed by atoms with Gasteiger partial charge in [-0.3, -0.25) is 9.79 Å². The van der Waals surface area contributed by atoms with Crippen molar-refractivity contribution in [3.63, 3.8) is 0 Å². The van der Waals surface area contributed by atoms with Crippen molar-refractivity contribution in [2.75, 3.05) is 11.1 Å². The summed E-state index contributed by atoms with van der Waals surface area (Å²) in [7, 11) is -3.76. The molecule has 132 valence electrons. The summed E-state index contributed by atoms with van der Waals surface area (Å²) in [5, 5.41) is 2.34. The van der Waals surface area contributed by atoms with Crippen molar-refractivity contribution in [2.24, 2.45) is 10.7 Å². The Bertz CT molecular complexity index is 850. The number of anilines is 1. The lowest BCUT2D eigenvalue weighted by atomic mass is 9.92. The number of carbonyl (C=O) groups is 1. The summed E-state index contributed by atoms with van der Waals surface area (Å²) in [4.78, 5) is 15.3. The number of benzene rings is 1. The number of amidine groups is 1. The van der Waals surface area contributed by atoms with Crippen molar-refractivity contribution in [3.05, 3.63) is 29.3 Å². The first-order chi connectivity index (χ1) is 10.8. The highest BCUT2D eigenvalue weighted by Gasteiger charge is 2.49. The Morgan fingerprint density at radius 2 is 1.88 bits per heavy atom. The van der Waals surface area contributed by atoms with Crippen molar-refractivity contribution in [2.45, 2.75) is 38.0 Å². The number of nitrogens with zero attached hydrogens (tertiary/aromatic N) is 1. The van der Waals surface area contributed by atoms with Gasteiger partial charge in [0.1, 0.15) is 16.1 Å². The number of halogens is 2. The van der Waals surface area contributed by atoms with Crippen LogP contribution in [0.2, 0.25) is 0 Å². The van der Waals surface area contributed by atoms with Crippen LogP contribution >= 0.6 is 0 Å². The number of hydrogen-bond acceptors (Lipinski definition) is 5. The summed E-state index contributed by atoms with van der Waals surface area (Å²) in [6.45, 7) is 5.39. The molecule has 0 unspecified atom stereocenters. The maximum absolute atomic E-state index is 14.3. The van der Waals surface area contributed by atoms with E-state index in [1.54, 1.807) is 0 Å². The van der Waals surface area contributed by atoms with Gasteiger partial charge in [0, 0.05) is 24.2 Å². The van der Waals surface area contributed by atoms with E-state index in [-0.39, 0.29) is 17.1 Å². The highest BCUT2D eigenvalue weighted by atomic mass is 32.2. The van der Waals surface area contributed by atoms with E-state index in [9.17, 15) is 22.0 Å². The lowest BCUT2D eigenvalue weighted by molar-refractivity contribution is -0.114. The highest BCUT2D eigenvalue weighted by Crippen LogP contribution is 2.39. The minimum atomic E-state index is -3.76. The summed E-state index contributed by atoms with van der Waals surface area (Å²) in [6, 6.07) is 1.99. The van der Waals surface area contributed by atoms with Crippen molar-refractivity contribution in [1.29, 1.82) is 0 Å². The molecule has 0 aliphatic carbocycles. The summed E-state index contributed by atoms with van der Waals surface area (Å²) in [6.07, 6.45) is 0. The Labute approximate surface area is 139 Å². The van der Waals surface area contributed by atoms with E-state index < -0.39 is 43.4 Å². The van der Waals surface area contributed by atoms with Crippen LogP contribution in [0.3, 0.4) is 0 Å². The zero-order valence-electron chi connectivity index (χ0n) is 13.8. The molecule has 0 aromatic heterocycles. The summed E-state index contributed by atoms with van der Waals surface area (Å²) >= 11 is 0. The molecule has 2 rings (SSSR count). The third kappa shape index (κ3) is 2.88. The van der Waals surface area contributed by atoms with Crippen LogP contribution in [0.1, 0.15) is 33.3 Å². The van der Waals surface area contributed by atoms with Crippen LogP contribution in [0.25, 0.3) is 0 Å². The first-order valence-electron chi connectivity index (χ1n) is 7.15. The second-order valence-electron chi connectivity index (χ2n) is 6.54. The quantitative estimate of drug-likeness (QED) is 0.839. The molecule has 9 heteroatoms. The molecule has 0 spiro atoms. The van der Waals surface area contributed by atoms with Gasteiger partial charge in [0.05, 0.1) is 5.75 Å². The normalized spacial score (nSPS) is 25.0. The molecule has 1 heterocycles. The minimum absolute atomic E-state index is 0.00799. The van der Waals surface area contributed by atoms with E-state index in [1.807, 2.05) is 0 Å². The Morgan fingerprint density at radius 1 is 1.29 bits per heavy atom. The van der Waals surface area contributed by atoms with Crippen molar-refractivity contribution in [3.8, 4) is 0 Å². The van der Waals surface area contributed by atoms with Gasteiger partial charge in [-0.15, -0.1) is 0 Å². The largest absolute Gasteiger partial charge is 0.386 e. The maximum Gasteiger partial charge on any atom is 0.221 e. The molecule has 1 aliphatic rings. The third-order valence-electron chi connectivity index (χ3n) is 4.16. The van der Waals surface area contributed by atoms with Gasteiger partial charge < -0.3 is 11.1 Å². The number of nitrogens with two attached hydrogens (primary N) is 1. The zero-order valence-corrected chi connectivity index (χ0v) is 14.6. The van der Waals surface area contributed by atoms with E-state index in [1.165, 1.54) is 33.8 Å². The maximum atomic E-state index is 14.3. The smallest absolute Gasteiger partial charge is 0.221 e. The Hall–Kier alpha value is -2.03. The number of carbonyl (C=O) groups excluding carboxylic acids is 1. The van der Waals surface area contributed by atoms with E-state index in [2.05, 4.69) is 10.3 Å². The molecular formula is C15H19F2N3O3S. The molecule has 0 radical (unpaired) electrons. The lowest BCUT2D eigenvalue weighted by Gasteiger charge is -2.38. The lowest BCUT2D eigenvalue weighted by Crippen LogP contribution is -2.55. The number of rotatable bonds is 2. The van der Waals surface area contributed by atoms with Gasteiger partial charge in [-0.1, -0.05) is 0 Å². The fourth-order valence-corrected chi connectivity index (χ4v) is 4.22. The molecule has 6 nitrogen and oxygen atoms in total. The molecule has 24 heavy (non-hydrogen) atoms. The number of aliphatic imine (C=N–C) groups is 1. The monoisotopic (exact) mass is 359 g/mol. The summed E-state index contributed by atoms with van der Waals surface area (Å²) in [5.74, 6) is -3.63. The van der Waals surface area contributed by atoms with Gasteiger partial charge in [0.15, 0.2) is 21.5 Å². The molecule has 1 amide bonds. The van der Waals surface area contributed by atoms with Gasteiger partial charge in [0.25, 0.3) is 0 Å². The molecule has 0 bridgehead atoms. The van der Waals surface area contributed by atoms with Gasteiger partial charge in [0.2, 0.25) is 5.91 Å². The van der Waals surface area contributed by atoms with Crippen LogP contribution in [0.5, 0.6) is 0 Å². The van der Waals surface area contributed by atoms with Crippen molar-refractivity contribution >= 4 is 27.3 Å². The Balaban J connectivity index is 2.69. The summed E-state index contributed by atoms with van der Waals surface area (Å²) < 4.78 is 51.9. The minimum Gasteiger partial charge on any atom is -0.386 e. The number of nitrogens with one attached hydrogen (secondary N) is 1. The standard InChI is InChI=1S/C15H19F2N3O3S/c1-8(21)19-9-5-10(12(17)11(16)6-9)15(4)7-24(22,23)14(2,3)13(18)20-15/h5-6H,7H2,1-4H3,(H2,18,20)(H,19,21)/t15-/m0/s1. The topological polar surface area (TPSA) is 102 Å². The molecule has 1 aromatic carbocycles. The fourth-order valence-electron chi connectivity index (χ4n) is 2.54. The summed E-state index contributed by atoms with van der Waals surface area (Å²) in [5.41, 5.74) is 3.92. The molecule has 3 N–H and O–H groups in total. The SMILES string of the molecule is CC(=O)Nc1cc(F)c(F)c([C@]2(C)CS(=O)(=O)C(C)(C)C(N)=N2)c1. The van der Waals surface area contributed by atoms with Crippen LogP contribution < -0.4 is 11.1 Å². The van der Waals surface area contributed by atoms with Crippen LogP contribution in [-0.2, 0) is 20.2 Å². The van der Waals surface area contributed by atoms with E-state index in [0.29, 0.717) is 0 Å². The van der Waals surface area contributed by atoms with Gasteiger partial charge in [-0.2, -0.15) is 0 Å². The van der Waals surface area contributed by atoms with Crippen molar-refractivity contribution < 1.29 is 22.0 Å². The predicted octanol–water partition coefficient (Wildman–Crippen LogP) is 1.70. The first-order valence-corrected chi connectivity index (χ1v) is 8.80. The average Bonchev–Trinajstić information content (AvgIpc) is 2.39. The molecule has 0 saturated heterocycles. The van der Waals surface area contributed by atoms with E-state index in [0.717, 1.165) is 6.07 Å². The number of sulfone groups is 1. The van der Waals surface area contributed by atoms with Crippen molar-refractivity contribution in [1.82, 2.24) is 0 Å². The van der Waals surface area contributed by atoms with Crippen LogP contribution in [0, 0.1) is 11.6 Å². The number of amides is 1. The van der Waals surface area contributed by atoms with E-state index >= 15 is 0 Å².